The lowest BCUT2D eigenvalue weighted by molar-refractivity contribution is -0.114. The Balaban J connectivity index is 1.71. The third-order valence-corrected chi connectivity index (χ3v) is 6.20. The minimum Gasteiger partial charge on any atom is -0.396 e. The van der Waals surface area contributed by atoms with Crippen molar-refractivity contribution in [3.63, 3.8) is 0 Å². The predicted molar refractivity (Wildman–Crippen MR) is 102 cm³/mol. The first-order chi connectivity index (χ1) is 13.1. The lowest BCUT2D eigenvalue weighted by Crippen LogP contribution is -2.36. The average Bonchev–Trinajstić information content (AvgIpc) is 3.44. The van der Waals surface area contributed by atoms with Gasteiger partial charge in [0.2, 0.25) is 0 Å². The molecule has 1 aromatic rings. The standard InChI is InChI=1S/C22H24N2O3/c1-2-16-20(27)12-15-14-23-18(19(26)4-3-11-25)13-17(15)21(16)24-9-7-22(5-6-22)8-10-24/h1,13-14,25H,3-12H2. The summed E-state index contributed by atoms with van der Waals surface area (Å²) in [5, 5.41) is 8.96. The van der Waals surface area contributed by atoms with Crippen molar-refractivity contribution in [2.24, 2.45) is 5.41 Å². The number of likely N-dealkylation sites (tertiary alicyclic amines) is 1. The highest BCUT2D eigenvalue weighted by Gasteiger charge is 2.45. The molecule has 1 aromatic heterocycles. The van der Waals surface area contributed by atoms with Gasteiger partial charge in [0.1, 0.15) is 5.69 Å². The van der Waals surface area contributed by atoms with Crippen LogP contribution in [-0.2, 0) is 11.2 Å². The SMILES string of the molecule is C#CC1=C(N2CCC3(CC2)CC3)c2cc(C(=O)CCCO)ncc2CC1=O. The second-order valence-electron chi connectivity index (χ2n) is 7.93. The molecule has 2 aliphatic carbocycles. The number of piperidine rings is 1. The number of allylic oxidation sites excluding steroid dienone is 1. The van der Waals surface area contributed by atoms with E-state index >= 15 is 0 Å². The van der Waals surface area contributed by atoms with Gasteiger partial charge in [-0.05, 0) is 49.1 Å². The van der Waals surface area contributed by atoms with E-state index in [1.807, 2.05) is 0 Å². The zero-order valence-corrected chi connectivity index (χ0v) is 15.5. The minimum atomic E-state index is -0.0964. The molecule has 1 saturated carbocycles. The Morgan fingerprint density at radius 2 is 2.04 bits per heavy atom. The van der Waals surface area contributed by atoms with Crippen molar-refractivity contribution < 1.29 is 14.7 Å². The third kappa shape index (κ3) is 3.30. The van der Waals surface area contributed by atoms with E-state index in [-0.39, 0.29) is 31.0 Å². The number of aliphatic hydroxyl groups is 1. The van der Waals surface area contributed by atoms with Gasteiger partial charge >= 0.3 is 0 Å². The van der Waals surface area contributed by atoms with E-state index in [1.54, 1.807) is 12.3 Å². The van der Waals surface area contributed by atoms with Gasteiger partial charge in [-0.3, -0.25) is 14.6 Å². The summed E-state index contributed by atoms with van der Waals surface area (Å²) in [6.07, 6.45) is 13.1. The molecule has 1 aliphatic heterocycles. The normalized spacial score (nSPS) is 20.4. The number of hydrogen-bond donors (Lipinski definition) is 1. The Morgan fingerprint density at radius 3 is 2.67 bits per heavy atom. The summed E-state index contributed by atoms with van der Waals surface area (Å²) < 4.78 is 0. The van der Waals surface area contributed by atoms with Crippen molar-refractivity contribution in [1.82, 2.24) is 9.88 Å². The Hall–Kier alpha value is -2.45. The van der Waals surface area contributed by atoms with Crippen molar-refractivity contribution in [1.29, 1.82) is 0 Å². The van der Waals surface area contributed by atoms with Gasteiger partial charge < -0.3 is 10.0 Å². The molecule has 27 heavy (non-hydrogen) atoms. The van der Waals surface area contributed by atoms with E-state index in [9.17, 15) is 9.59 Å². The fourth-order valence-electron chi connectivity index (χ4n) is 4.25. The first-order valence-corrected chi connectivity index (χ1v) is 9.69. The van der Waals surface area contributed by atoms with E-state index in [4.69, 9.17) is 11.5 Å². The molecule has 0 unspecified atom stereocenters. The van der Waals surface area contributed by atoms with Gasteiger partial charge in [0.25, 0.3) is 0 Å². The summed E-state index contributed by atoms with van der Waals surface area (Å²) in [5.74, 6) is 2.47. The van der Waals surface area contributed by atoms with Gasteiger partial charge in [0.05, 0.1) is 11.3 Å². The van der Waals surface area contributed by atoms with Crippen LogP contribution in [0.3, 0.4) is 0 Å². The van der Waals surface area contributed by atoms with Crippen LogP contribution in [0.25, 0.3) is 5.70 Å². The number of nitrogens with zero attached hydrogens (tertiary/aromatic N) is 2. The monoisotopic (exact) mass is 364 g/mol. The van der Waals surface area contributed by atoms with Gasteiger partial charge in [-0.2, -0.15) is 0 Å². The molecule has 1 spiro atoms. The topological polar surface area (TPSA) is 70.5 Å². The molecule has 0 amide bonds. The smallest absolute Gasteiger partial charge is 0.181 e. The molecule has 140 valence electrons. The molecule has 3 aliphatic rings. The number of terminal acetylenes is 1. The zero-order chi connectivity index (χ0) is 19.0. The number of Topliss-reactive ketones (excluding diaryl/α,β-unsaturated/α-hetero) is 2. The maximum absolute atomic E-state index is 12.6. The van der Waals surface area contributed by atoms with Crippen LogP contribution in [-0.4, -0.2) is 46.3 Å². The fraction of sp³-hybridized carbons (Fsp3) is 0.500. The summed E-state index contributed by atoms with van der Waals surface area (Å²) in [5.41, 5.74) is 3.84. The van der Waals surface area contributed by atoms with E-state index in [2.05, 4.69) is 15.8 Å². The second-order valence-corrected chi connectivity index (χ2v) is 7.93. The van der Waals surface area contributed by atoms with Gasteiger partial charge in [0, 0.05) is 44.3 Å². The van der Waals surface area contributed by atoms with Crippen molar-refractivity contribution in [2.45, 2.75) is 44.9 Å². The number of carbonyl (C=O) groups is 2. The number of aromatic nitrogens is 1. The van der Waals surface area contributed by atoms with E-state index in [1.165, 1.54) is 12.8 Å². The molecule has 5 nitrogen and oxygen atoms in total. The highest BCUT2D eigenvalue weighted by Crippen LogP contribution is 2.54. The van der Waals surface area contributed by atoms with Gasteiger partial charge in [0.15, 0.2) is 11.6 Å². The molecule has 2 fully saturated rings. The Kier molecular flexibility index (Phi) is 4.61. The maximum Gasteiger partial charge on any atom is 0.181 e. The predicted octanol–water partition coefficient (Wildman–Crippen LogP) is 2.38. The Labute approximate surface area is 159 Å². The lowest BCUT2D eigenvalue weighted by atomic mass is 9.86. The van der Waals surface area contributed by atoms with Crippen molar-refractivity contribution in [3.05, 3.63) is 34.7 Å². The highest BCUT2D eigenvalue weighted by molar-refractivity contribution is 6.10. The number of carbonyl (C=O) groups excluding carboxylic acids is 2. The molecule has 1 saturated heterocycles. The Bertz CT molecular complexity index is 864. The molecule has 2 heterocycles. The first-order valence-electron chi connectivity index (χ1n) is 9.69. The Morgan fingerprint density at radius 1 is 1.30 bits per heavy atom. The molecule has 0 bridgehead atoms. The van der Waals surface area contributed by atoms with Gasteiger partial charge in [-0.1, -0.05) is 5.92 Å². The number of aliphatic hydroxyl groups excluding tert-OH is 1. The van der Waals surface area contributed by atoms with Crippen LogP contribution in [0.2, 0.25) is 0 Å². The number of pyridine rings is 1. The van der Waals surface area contributed by atoms with Crippen molar-refractivity contribution in [3.8, 4) is 12.3 Å². The molecule has 4 rings (SSSR count). The second kappa shape index (κ2) is 6.94. The average molecular weight is 364 g/mol. The number of fused-ring (bicyclic) bond motifs is 1. The largest absolute Gasteiger partial charge is 0.396 e. The molecule has 0 aromatic carbocycles. The van der Waals surface area contributed by atoms with Crippen LogP contribution in [0, 0.1) is 17.8 Å². The minimum absolute atomic E-state index is 0.0207. The van der Waals surface area contributed by atoms with Crippen LogP contribution < -0.4 is 0 Å². The quantitative estimate of drug-likeness (QED) is 0.642. The van der Waals surface area contributed by atoms with E-state index in [0.717, 1.165) is 42.8 Å². The number of rotatable bonds is 5. The molecular formula is C22H24N2O3. The summed E-state index contributed by atoms with van der Waals surface area (Å²) in [7, 11) is 0. The summed E-state index contributed by atoms with van der Waals surface area (Å²) in [4.78, 5) is 31.5. The van der Waals surface area contributed by atoms with Crippen LogP contribution in [0.4, 0.5) is 0 Å². The first kappa shape index (κ1) is 17.9. The summed E-state index contributed by atoms with van der Waals surface area (Å²) in [6, 6.07) is 1.79. The third-order valence-electron chi connectivity index (χ3n) is 6.20. The van der Waals surface area contributed by atoms with E-state index in [0.29, 0.717) is 23.1 Å². The molecule has 1 N–H and O–H groups in total. The lowest BCUT2D eigenvalue weighted by Gasteiger charge is -2.37. The van der Waals surface area contributed by atoms with Crippen molar-refractivity contribution in [2.75, 3.05) is 19.7 Å². The zero-order valence-electron chi connectivity index (χ0n) is 15.5. The van der Waals surface area contributed by atoms with E-state index < -0.39 is 0 Å². The number of ketones is 2. The molecule has 0 atom stereocenters. The summed E-state index contributed by atoms with van der Waals surface area (Å²) in [6.45, 7) is 1.76. The fourth-order valence-corrected chi connectivity index (χ4v) is 4.25. The van der Waals surface area contributed by atoms with Gasteiger partial charge in [-0.15, -0.1) is 6.42 Å². The molecule has 5 heteroatoms. The highest BCUT2D eigenvalue weighted by atomic mass is 16.3. The maximum atomic E-state index is 12.6. The van der Waals surface area contributed by atoms with Crippen LogP contribution >= 0.6 is 0 Å². The summed E-state index contributed by atoms with van der Waals surface area (Å²) >= 11 is 0. The molecular weight excluding hydrogens is 340 g/mol. The molecule has 0 radical (unpaired) electrons. The van der Waals surface area contributed by atoms with Crippen LogP contribution in [0.15, 0.2) is 17.8 Å². The van der Waals surface area contributed by atoms with Crippen molar-refractivity contribution >= 4 is 17.3 Å². The van der Waals surface area contributed by atoms with Crippen LogP contribution in [0.1, 0.15) is 60.1 Å². The van der Waals surface area contributed by atoms with Crippen LogP contribution in [0.5, 0.6) is 0 Å². The number of hydrogen-bond acceptors (Lipinski definition) is 5. The van der Waals surface area contributed by atoms with Gasteiger partial charge in [-0.25, -0.2) is 0 Å².